The van der Waals surface area contributed by atoms with Crippen LogP contribution in [0.1, 0.15) is 90.9 Å². The maximum atomic E-state index is 10.5. The molecule has 1 N–H and O–H groups in total. The molecule has 20 heavy (non-hydrogen) atoms. The number of carboxylic acids is 1. The van der Waals surface area contributed by atoms with E-state index in [2.05, 4.69) is 11.9 Å². The van der Waals surface area contributed by atoms with Crippen LogP contribution in [0.25, 0.3) is 0 Å². The molecule has 0 heterocycles. The molecule has 0 spiro atoms. The number of aliphatic carboxylic acids is 1. The van der Waals surface area contributed by atoms with E-state index in [0.29, 0.717) is 6.54 Å². The molecule has 0 radical (unpaired) electrons. The van der Waals surface area contributed by atoms with Crippen LogP contribution in [0.5, 0.6) is 0 Å². The van der Waals surface area contributed by atoms with Crippen molar-refractivity contribution < 1.29 is 9.90 Å². The van der Waals surface area contributed by atoms with Gasteiger partial charge in [0.1, 0.15) is 5.71 Å². The Labute approximate surface area is 124 Å². The second kappa shape index (κ2) is 14.5. The van der Waals surface area contributed by atoms with E-state index >= 15 is 0 Å². The quantitative estimate of drug-likeness (QED) is 0.350. The number of unbranched alkanes of at least 4 members (excludes halogenated alkanes) is 11. The average Bonchev–Trinajstić information content (AvgIpc) is 2.43. The van der Waals surface area contributed by atoms with Crippen LogP contribution in [0.2, 0.25) is 0 Å². The summed E-state index contributed by atoms with van der Waals surface area (Å²) in [5.41, 5.74) is 0.230. The van der Waals surface area contributed by atoms with Gasteiger partial charge in [0.05, 0.1) is 0 Å². The molecule has 0 bridgehead atoms. The van der Waals surface area contributed by atoms with Crippen molar-refractivity contribution in [1.29, 1.82) is 0 Å². The highest BCUT2D eigenvalue weighted by atomic mass is 16.4. The summed E-state index contributed by atoms with van der Waals surface area (Å²) in [6, 6.07) is 0. The van der Waals surface area contributed by atoms with Crippen LogP contribution in [-0.4, -0.2) is 23.3 Å². The van der Waals surface area contributed by atoms with Crippen LogP contribution in [-0.2, 0) is 4.79 Å². The van der Waals surface area contributed by atoms with Crippen molar-refractivity contribution in [2.24, 2.45) is 4.99 Å². The van der Waals surface area contributed by atoms with E-state index in [0.717, 1.165) is 6.42 Å². The Kier molecular flexibility index (Phi) is 13.9. The van der Waals surface area contributed by atoms with Gasteiger partial charge in [-0.15, -0.1) is 0 Å². The van der Waals surface area contributed by atoms with E-state index in [9.17, 15) is 4.79 Å². The minimum absolute atomic E-state index is 0.230. The van der Waals surface area contributed by atoms with Crippen molar-refractivity contribution in [3.8, 4) is 0 Å². The Bertz CT molecular complexity index is 262. The molecule has 0 unspecified atom stereocenters. The molecule has 0 amide bonds. The highest BCUT2D eigenvalue weighted by molar-refractivity contribution is 6.34. The molecule has 0 aliphatic heterocycles. The molecule has 0 saturated heterocycles. The first-order chi connectivity index (χ1) is 9.68. The third-order valence-electron chi connectivity index (χ3n) is 3.67. The Morgan fingerprint density at radius 3 is 1.60 bits per heavy atom. The summed E-state index contributed by atoms with van der Waals surface area (Å²) in [4.78, 5) is 14.5. The zero-order valence-electron chi connectivity index (χ0n) is 13.5. The van der Waals surface area contributed by atoms with Crippen molar-refractivity contribution in [2.45, 2.75) is 90.9 Å². The van der Waals surface area contributed by atoms with Gasteiger partial charge in [-0.3, -0.25) is 4.99 Å². The molecule has 0 fully saturated rings. The number of carbonyl (C=O) groups is 1. The number of carboxylic acid groups (broad SMARTS) is 1. The maximum Gasteiger partial charge on any atom is 0.349 e. The maximum absolute atomic E-state index is 10.5. The molecule has 3 nitrogen and oxygen atoms in total. The first-order valence-electron chi connectivity index (χ1n) is 8.42. The van der Waals surface area contributed by atoms with Gasteiger partial charge in [-0.25, -0.2) is 4.79 Å². The van der Waals surface area contributed by atoms with Gasteiger partial charge in [-0.1, -0.05) is 77.6 Å². The summed E-state index contributed by atoms with van der Waals surface area (Å²) >= 11 is 0. The predicted octanol–water partition coefficient (Wildman–Crippen LogP) is 5.23. The summed E-state index contributed by atoms with van der Waals surface area (Å²) in [5, 5.41) is 8.64. The van der Waals surface area contributed by atoms with Gasteiger partial charge < -0.3 is 5.11 Å². The molecular weight excluding hydrogens is 250 g/mol. The molecular formula is C17H33NO2. The van der Waals surface area contributed by atoms with E-state index in [1.54, 1.807) is 6.92 Å². The lowest BCUT2D eigenvalue weighted by Crippen LogP contribution is -2.08. The molecule has 0 aromatic rings. The fourth-order valence-electron chi connectivity index (χ4n) is 2.27. The molecule has 3 heteroatoms. The molecule has 0 atom stereocenters. The normalized spacial score (nSPS) is 11.8. The van der Waals surface area contributed by atoms with Gasteiger partial charge in [0.2, 0.25) is 0 Å². The topological polar surface area (TPSA) is 49.7 Å². The lowest BCUT2D eigenvalue weighted by Gasteiger charge is -2.02. The smallest absolute Gasteiger partial charge is 0.349 e. The number of rotatable bonds is 14. The van der Waals surface area contributed by atoms with E-state index in [4.69, 9.17) is 5.11 Å². The first kappa shape index (κ1) is 19.1. The number of nitrogens with zero attached hydrogens (tertiary/aromatic N) is 1. The minimum atomic E-state index is -0.899. The lowest BCUT2D eigenvalue weighted by atomic mass is 10.1. The third kappa shape index (κ3) is 13.6. The standard InChI is InChI=1S/C17H33NO2/c1-3-4-5-6-7-8-9-10-11-12-13-14-15-18-16(2)17(19)20/h3-15H2,1-2H3,(H,19,20). The van der Waals surface area contributed by atoms with Crippen LogP contribution in [0.3, 0.4) is 0 Å². The molecule has 0 aliphatic carbocycles. The zero-order valence-corrected chi connectivity index (χ0v) is 13.5. The number of hydrogen-bond donors (Lipinski definition) is 1. The number of aliphatic imine (C=N–C) groups is 1. The molecule has 0 aromatic heterocycles. The summed E-state index contributed by atoms with van der Waals surface area (Å²) in [6.45, 7) is 4.48. The van der Waals surface area contributed by atoms with Crippen LogP contribution in [0, 0.1) is 0 Å². The largest absolute Gasteiger partial charge is 0.477 e. The van der Waals surface area contributed by atoms with Crippen LogP contribution in [0.4, 0.5) is 0 Å². The second-order valence-corrected chi connectivity index (χ2v) is 5.66. The van der Waals surface area contributed by atoms with E-state index < -0.39 is 5.97 Å². The van der Waals surface area contributed by atoms with E-state index in [-0.39, 0.29) is 5.71 Å². The van der Waals surface area contributed by atoms with Crippen LogP contribution >= 0.6 is 0 Å². The fourth-order valence-corrected chi connectivity index (χ4v) is 2.27. The Hall–Kier alpha value is -0.860. The van der Waals surface area contributed by atoms with E-state index in [1.807, 2.05) is 0 Å². The highest BCUT2D eigenvalue weighted by Gasteiger charge is 1.99. The van der Waals surface area contributed by atoms with Crippen molar-refractivity contribution in [1.82, 2.24) is 0 Å². The lowest BCUT2D eigenvalue weighted by molar-refractivity contribution is -0.129. The minimum Gasteiger partial charge on any atom is -0.477 e. The average molecular weight is 283 g/mol. The molecule has 118 valence electrons. The summed E-state index contributed by atoms with van der Waals surface area (Å²) in [7, 11) is 0. The fraction of sp³-hybridized carbons (Fsp3) is 0.882. The molecule has 0 rings (SSSR count). The van der Waals surface area contributed by atoms with Gasteiger partial charge in [-0.05, 0) is 13.3 Å². The molecule has 0 saturated carbocycles. The molecule has 0 aliphatic rings. The Morgan fingerprint density at radius 2 is 1.20 bits per heavy atom. The number of hydrogen-bond acceptors (Lipinski definition) is 2. The van der Waals surface area contributed by atoms with Crippen LogP contribution < -0.4 is 0 Å². The second-order valence-electron chi connectivity index (χ2n) is 5.66. The SMILES string of the molecule is CCCCCCCCCCCCCCN=C(C)C(=O)O. The zero-order chi connectivity index (χ0) is 15.1. The van der Waals surface area contributed by atoms with Crippen LogP contribution in [0.15, 0.2) is 4.99 Å². The third-order valence-corrected chi connectivity index (χ3v) is 3.67. The van der Waals surface area contributed by atoms with Crippen molar-refractivity contribution in [3.63, 3.8) is 0 Å². The highest BCUT2D eigenvalue weighted by Crippen LogP contribution is 2.11. The van der Waals surface area contributed by atoms with Crippen molar-refractivity contribution in [2.75, 3.05) is 6.54 Å². The van der Waals surface area contributed by atoms with Gasteiger partial charge in [0, 0.05) is 6.54 Å². The summed E-state index contributed by atoms with van der Waals surface area (Å²) in [6.07, 6.45) is 15.8. The van der Waals surface area contributed by atoms with Gasteiger partial charge >= 0.3 is 5.97 Å². The molecule has 0 aromatic carbocycles. The Balaban J connectivity index is 3.14. The van der Waals surface area contributed by atoms with Gasteiger partial charge in [-0.2, -0.15) is 0 Å². The van der Waals surface area contributed by atoms with Gasteiger partial charge in [0.25, 0.3) is 0 Å². The van der Waals surface area contributed by atoms with Crippen molar-refractivity contribution >= 4 is 11.7 Å². The van der Waals surface area contributed by atoms with E-state index in [1.165, 1.54) is 70.6 Å². The summed E-state index contributed by atoms with van der Waals surface area (Å²) < 4.78 is 0. The monoisotopic (exact) mass is 283 g/mol. The summed E-state index contributed by atoms with van der Waals surface area (Å²) in [5.74, 6) is -0.899. The first-order valence-corrected chi connectivity index (χ1v) is 8.42. The van der Waals surface area contributed by atoms with Crippen molar-refractivity contribution in [3.05, 3.63) is 0 Å². The Morgan fingerprint density at radius 1 is 0.800 bits per heavy atom. The predicted molar refractivity (Wildman–Crippen MR) is 86.7 cm³/mol. The van der Waals surface area contributed by atoms with Gasteiger partial charge in [0.15, 0.2) is 0 Å².